The van der Waals surface area contributed by atoms with Crippen LogP contribution in [0.5, 0.6) is 11.5 Å². The average molecular weight is 500 g/mol. The average Bonchev–Trinajstić information content (AvgIpc) is 2.81. The molecule has 3 amide bonds. The number of methoxy groups -OCH3 is 1. The van der Waals surface area contributed by atoms with Gasteiger partial charge in [0.1, 0.15) is 29.7 Å². The molecule has 0 spiro atoms. The fourth-order valence-electron chi connectivity index (χ4n) is 3.55. The van der Waals surface area contributed by atoms with Crippen LogP contribution in [-0.4, -0.2) is 53.7 Å². The number of phenolic OH excluding ortho intramolecular Hbond substituents is 1. The second kappa shape index (κ2) is 13.4. The minimum atomic E-state index is -1.04. The molecule has 1 atom stereocenters. The van der Waals surface area contributed by atoms with E-state index in [0.717, 1.165) is 12.8 Å². The Morgan fingerprint density at radius 1 is 1.06 bits per heavy atom. The molecule has 1 unspecified atom stereocenters. The number of aromatic hydroxyl groups is 1. The smallest absolute Gasteiger partial charge is 0.408 e. The molecule has 0 aliphatic carbocycles. The van der Waals surface area contributed by atoms with Gasteiger partial charge in [0, 0.05) is 12.2 Å². The number of alkyl carbamates (subject to hydrolysis) is 1. The van der Waals surface area contributed by atoms with Crippen molar-refractivity contribution >= 4 is 23.6 Å². The van der Waals surface area contributed by atoms with E-state index in [2.05, 4.69) is 10.6 Å². The maximum atomic E-state index is 13.6. The Hall–Kier alpha value is -3.75. The summed E-state index contributed by atoms with van der Waals surface area (Å²) >= 11 is 0. The Balaban J connectivity index is 2.34. The standard InChI is InChI=1S/C27H37N3O6/c1-6-7-8-16-30(23(32)18-28-26(34)36-27(2,3)4)24(19-10-9-11-21(31)17-19)25(33)29-20-12-14-22(35-5)15-13-20/h9-15,17,24,31H,6-8,16,18H2,1-5H3,(H,28,34)(H,29,33). The minimum absolute atomic E-state index is 0.0254. The fourth-order valence-corrected chi connectivity index (χ4v) is 3.55. The molecule has 0 aliphatic rings. The Morgan fingerprint density at radius 2 is 1.75 bits per heavy atom. The van der Waals surface area contributed by atoms with Gasteiger partial charge in [-0.1, -0.05) is 31.9 Å². The lowest BCUT2D eigenvalue weighted by Crippen LogP contribution is -2.47. The maximum absolute atomic E-state index is 13.6. The van der Waals surface area contributed by atoms with Gasteiger partial charge in [0.15, 0.2) is 0 Å². The summed E-state index contributed by atoms with van der Waals surface area (Å²) in [5.74, 6) is -0.284. The van der Waals surface area contributed by atoms with Gasteiger partial charge in [-0.15, -0.1) is 0 Å². The van der Waals surface area contributed by atoms with Gasteiger partial charge in [-0.25, -0.2) is 4.79 Å². The van der Waals surface area contributed by atoms with Crippen LogP contribution in [0, 0.1) is 0 Å². The van der Waals surface area contributed by atoms with Gasteiger partial charge in [-0.2, -0.15) is 0 Å². The van der Waals surface area contributed by atoms with Crippen molar-refractivity contribution in [2.24, 2.45) is 0 Å². The van der Waals surface area contributed by atoms with Crippen LogP contribution >= 0.6 is 0 Å². The second-order valence-corrected chi connectivity index (χ2v) is 9.36. The first-order chi connectivity index (χ1) is 17.0. The van der Waals surface area contributed by atoms with Crippen molar-refractivity contribution in [3.05, 3.63) is 54.1 Å². The Kier molecular flexibility index (Phi) is 10.6. The molecule has 196 valence electrons. The predicted octanol–water partition coefficient (Wildman–Crippen LogP) is 4.62. The molecule has 9 heteroatoms. The summed E-state index contributed by atoms with van der Waals surface area (Å²) in [4.78, 5) is 40.5. The summed E-state index contributed by atoms with van der Waals surface area (Å²) in [6.45, 7) is 7.18. The number of anilines is 1. The van der Waals surface area contributed by atoms with Crippen LogP contribution in [0.4, 0.5) is 10.5 Å². The number of nitrogens with one attached hydrogen (secondary N) is 2. The van der Waals surface area contributed by atoms with E-state index in [-0.39, 0.29) is 12.3 Å². The first-order valence-electron chi connectivity index (χ1n) is 12.0. The highest BCUT2D eigenvalue weighted by molar-refractivity contribution is 5.98. The van der Waals surface area contributed by atoms with E-state index < -0.39 is 29.6 Å². The van der Waals surface area contributed by atoms with E-state index in [9.17, 15) is 19.5 Å². The first-order valence-corrected chi connectivity index (χ1v) is 12.0. The van der Waals surface area contributed by atoms with Gasteiger partial charge < -0.3 is 30.1 Å². The zero-order valence-electron chi connectivity index (χ0n) is 21.7. The number of carbonyl (C=O) groups is 3. The highest BCUT2D eigenvalue weighted by Gasteiger charge is 2.32. The summed E-state index contributed by atoms with van der Waals surface area (Å²) in [6.07, 6.45) is 1.73. The van der Waals surface area contributed by atoms with Crippen LogP contribution in [0.2, 0.25) is 0 Å². The van der Waals surface area contributed by atoms with Crippen LogP contribution in [0.1, 0.15) is 58.6 Å². The zero-order chi connectivity index (χ0) is 26.7. The van der Waals surface area contributed by atoms with Crippen molar-refractivity contribution in [2.75, 3.05) is 25.5 Å². The van der Waals surface area contributed by atoms with Crippen molar-refractivity contribution in [1.82, 2.24) is 10.2 Å². The number of hydrogen-bond donors (Lipinski definition) is 3. The van der Waals surface area contributed by atoms with E-state index in [4.69, 9.17) is 9.47 Å². The number of ether oxygens (including phenoxy) is 2. The van der Waals surface area contributed by atoms with Crippen molar-refractivity contribution in [1.29, 1.82) is 0 Å². The second-order valence-electron chi connectivity index (χ2n) is 9.36. The third-order valence-electron chi connectivity index (χ3n) is 5.21. The van der Waals surface area contributed by atoms with E-state index in [0.29, 0.717) is 30.0 Å². The summed E-state index contributed by atoms with van der Waals surface area (Å²) in [6, 6.07) is 12.0. The SMILES string of the molecule is CCCCCN(C(=O)CNC(=O)OC(C)(C)C)C(C(=O)Nc1ccc(OC)cc1)c1cccc(O)c1. The molecule has 3 N–H and O–H groups in total. The van der Waals surface area contributed by atoms with Gasteiger partial charge in [0.25, 0.3) is 5.91 Å². The van der Waals surface area contributed by atoms with Crippen molar-refractivity contribution in [3.8, 4) is 11.5 Å². The van der Waals surface area contributed by atoms with Crippen LogP contribution in [0.25, 0.3) is 0 Å². The van der Waals surface area contributed by atoms with E-state index >= 15 is 0 Å². The molecule has 0 heterocycles. The van der Waals surface area contributed by atoms with Crippen LogP contribution < -0.4 is 15.4 Å². The lowest BCUT2D eigenvalue weighted by molar-refractivity contribution is -0.138. The number of phenols is 1. The molecule has 0 aliphatic heterocycles. The molecular formula is C27H37N3O6. The zero-order valence-corrected chi connectivity index (χ0v) is 21.7. The van der Waals surface area contributed by atoms with Gasteiger partial charge in [-0.05, 0) is 69.2 Å². The first kappa shape index (κ1) is 28.5. The van der Waals surface area contributed by atoms with Gasteiger partial charge in [-0.3, -0.25) is 9.59 Å². The topological polar surface area (TPSA) is 117 Å². The van der Waals surface area contributed by atoms with Crippen LogP contribution in [0.15, 0.2) is 48.5 Å². The number of amides is 3. The summed E-state index contributed by atoms with van der Waals surface area (Å²) in [5.41, 5.74) is 0.262. The Labute approximate surface area is 212 Å². The summed E-state index contributed by atoms with van der Waals surface area (Å²) in [7, 11) is 1.55. The van der Waals surface area contributed by atoms with Gasteiger partial charge in [0.2, 0.25) is 5.91 Å². The van der Waals surface area contributed by atoms with Crippen LogP contribution in [-0.2, 0) is 14.3 Å². The molecular weight excluding hydrogens is 462 g/mol. The monoisotopic (exact) mass is 499 g/mol. The predicted molar refractivity (Wildman–Crippen MR) is 138 cm³/mol. The molecule has 9 nitrogen and oxygen atoms in total. The Bertz CT molecular complexity index is 1020. The van der Waals surface area contributed by atoms with Gasteiger partial charge in [0.05, 0.1) is 7.11 Å². The van der Waals surface area contributed by atoms with E-state index in [1.807, 2.05) is 6.92 Å². The molecule has 2 aromatic rings. The molecule has 0 fully saturated rings. The number of rotatable bonds is 11. The largest absolute Gasteiger partial charge is 0.508 e. The molecule has 0 saturated heterocycles. The lowest BCUT2D eigenvalue weighted by Gasteiger charge is -2.32. The molecule has 2 aromatic carbocycles. The highest BCUT2D eigenvalue weighted by Crippen LogP contribution is 2.27. The lowest BCUT2D eigenvalue weighted by atomic mass is 10.0. The quantitative estimate of drug-likeness (QED) is 0.388. The molecule has 0 aromatic heterocycles. The van der Waals surface area contributed by atoms with Crippen LogP contribution in [0.3, 0.4) is 0 Å². The van der Waals surface area contributed by atoms with Gasteiger partial charge >= 0.3 is 6.09 Å². The number of hydrogen-bond acceptors (Lipinski definition) is 6. The Morgan fingerprint density at radius 3 is 2.33 bits per heavy atom. The fraction of sp³-hybridized carbons (Fsp3) is 0.444. The molecule has 0 saturated carbocycles. The normalized spacial score (nSPS) is 11.8. The number of carbonyl (C=O) groups excluding carboxylic acids is 3. The molecule has 2 rings (SSSR count). The van der Waals surface area contributed by atoms with Crippen molar-refractivity contribution in [3.63, 3.8) is 0 Å². The maximum Gasteiger partial charge on any atom is 0.408 e. The number of nitrogens with zero attached hydrogens (tertiary/aromatic N) is 1. The molecule has 0 bridgehead atoms. The molecule has 0 radical (unpaired) electrons. The summed E-state index contributed by atoms with van der Waals surface area (Å²) in [5, 5.41) is 15.4. The number of unbranched alkanes of at least 4 members (excludes halogenated alkanes) is 2. The van der Waals surface area contributed by atoms with E-state index in [1.165, 1.54) is 17.0 Å². The van der Waals surface area contributed by atoms with Crippen molar-refractivity contribution < 1.29 is 29.0 Å². The third-order valence-corrected chi connectivity index (χ3v) is 5.21. The highest BCUT2D eigenvalue weighted by atomic mass is 16.6. The van der Waals surface area contributed by atoms with E-state index in [1.54, 1.807) is 64.3 Å². The minimum Gasteiger partial charge on any atom is -0.508 e. The molecule has 36 heavy (non-hydrogen) atoms. The van der Waals surface area contributed by atoms with Crippen molar-refractivity contribution in [2.45, 2.75) is 58.6 Å². The number of benzene rings is 2. The summed E-state index contributed by atoms with van der Waals surface area (Å²) < 4.78 is 10.4. The third kappa shape index (κ3) is 9.13.